The molecule has 1 unspecified atom stereocenters. The van der Waals surface area contributed by atoms with E-state index >= 15 is 0 Å². The van der Waals surface area contributed by atoms with E-state index in [1.807, 2.05) is 0 Å². The lowest BCUT2D eigenvalue weighted by Gasteiger charge is -2.21. The summed E-state index contributed by atoms with van der Waals surface area (Å²) in [5.74, 6) is 0.620. The maximum atomic E-state index is 11.7. The first-order valence-corrected chi connectivity index (χ1v) is 7.67. The number of carbonyl (C=O) groups is 1. The zero-order valence-electron chi connectivity index (χ0n) is 9.62. The summed E-state index contributed by atoms with van der Waals surface area (Å²) < 4.78 is 22.4. The topological polar surface area (TPSA) is 63.2 Å². The molecular formula is C10H18ClNO3S. The fourth-order valence-electron chi connectivity index (χ4n) is 1.57. The van der Waals surface area contributed by atoms with Crippen LogP contribution in [0.25, 0.3) is 0 Å². The van der Waals surface area contributed by atoms with Crippen molar-refractivity contribution in [1.82, 2.24) is 5.32 Å². The SMILES string of the molecule is CC(C)(CCl)C(=O)NCC1CCS(=O)(=O)C1. The second kappa shape index (κ2) is 4.92. The first-order chi connectivity index (χ1) is 7.27. The molecular weight excluding hydrogens is 250 g/mol. The number of halogens is 1. The minimum atomic E-state index is -2.86. The van der Waals surface area contributed by atoms with Crippen LogP contribution in [0.4, 0.5) is 0 Å². The van der Waals surface area contributed by atoms with Crippen LogP contribution in [0.5, 0.6) is 0 Å². The molecule has 94 valence electrons. The van der Waals surface area contributed by atoms with Crippen molar-refractivity contribution in [2.45, 2.75) is 20.3 Å². The number of rotatable bonds is 4. The van der Waals surface area contributed by atoms with E-state index in [4.69, 9.17) is 11.6 Å². The summed E-state index contributed by atoms with van der Waals surface area (Å²) in [5.41, 5.74) is -0.598. The van der Waals surface area contributed by atoms with Gasteiger partial charge in [-0.25, -0.2) is 8.42 Å². The van der Waals surface area contributed by atoms with Crippen molar-refractivity contribution in [2.75, 3.05) is 23.9 Å². The van der Waals surface area contributed by atoms with Gasteiger partial charge < -0.3 is 5.32 Å². The van der Waals surface area contributed by atoms with Crippen LogP contribution in [0.3, 0.4) is 0 Å². The summed E-state index contributed by atoms with van der Waals surface area (Å²) in [6.45, 7) is 3.96. The monoisotopic (exact) mass is 267 g/mol. The summed E-state index contributed by atoms with van der Waals surface area (Å²) in [7, 11) is -2.86. The minimum Gasteiger partial charge on any atom is -0.355 e. The number of hydrogen-bond donors (Lipinski definition) is 1. The maximum Gasteiger partial charge on any atom is 0.226 e. The number of alkyl halides is 1. The molecule has 0 aromatic heterocycles. The van der Waals surface area contributed by atoms with Gasteiger partial charge in [-0.2, -0.15) is 0 Å². The van der Waals surface area contributed by atoms with Gasteiger partial charge in [0.15, 0.2) is 9.84 Å². The van der Waals surface area contributed by atoms with Gasteiger partial charge in [0.1, 0.15) is 0 Å². The first kappa shape index (κ1) is 13.8. The van der Waals surface area contributed by atoms with Crippen LogP contribution < -0.4 is 5.32 Å². The molecule has 0 radical (unpaired) electrons. The van der Waals surface area contributed by atoms with Crippen molar-refractivity contribution in [3.05, 3.63) is 0 Å². The van der Waals surface area contributed by atoms with E-state index in [0.29, 0.717) is 13.0 Å². The average molecular weight is 268 g/mol. The van der Waals surface area contributed by atoms with Crippen LogP contribution in [-0.4, -0.2) is 38.3 Å². The maximum absolute atomic E-state index is 11.7. The highest BCUT2D eigenvalue weighted by Crippen LogP contribution is 2.20. The summed E-state index contributed by atoms with van der Waals surface area (Å²) in [4.78, 5) is 11.7. The van der Waals surface area contributed by atoms with Gasteiger partial charge in [0.2, 0.25) is 5.91 Å². The lowest BCUT2D eigenvalue weighted by Crippen LogP contribution is -2.40. The summed E-state index contributed by atoms with van der Waals surface area (Å²) >= 11 is 5.67. The molecule has 4 nitrogen and oxygen atoms in total. The van der Waals surface area contributed by atoms with Gasteiger partial charge in [-0.15, -0.1) is 11.6 Å². The van der Waals surface area contributed by atoms with Crippen LogP contribution >= 0.6 is 11.6 Å². The lowest BCUT2D eigenvalue weighted by atomic mass is 9.95. The quantitative estimate of drug-likeness (QED) is 0.767. The predicted octanol–water partition coefficient (Wildman–Crippen LogP) is 0.802. The zero-order valence-corrected chi connectivity index (χ0v) is 11.2. The number of amides is 1. The molecule has 1 heterocycles. The van der Waals surface area contributed by atoms with Crippen LogP contribution in [0.15, 0.2) is 0 Å². The highest BCUT2D eigenvalue weighted by Gasteiger charge is 2.30. The summed E-state index contributed by atoms with van der Waals surface area (Å²) in [5, 5.41) is 2.77. The van der Waals surface area contributed by atoms with E-state index in [1.54, 1.807) is 13.8 Å². The van der Waals surface area contributed by atoms with E-state index in [0.717, 1.165) is 0 Å². The molecule has 0 spiro atoms. The second-order valence-corrected chi connectivity index (χ2v) is 7.49. The van der Waals surface area contributed by atoms with Crippen molar-refractivity contribution < 1.29 is 13.2 Å². The van der Waals surface area contributed by atoms with Gasteiger partial charge in [-0.05, 0) is 26.2 Å². The highest BCUT2D eigenvalue weighted by molar-refractivity contribution is 7.91. The van der Waals surface area contributed by atoms with Gasteiger partial charge in [0.25, 0.3) is 0 Å². The van der Waals surface area contributed by atoms with E-state index in [-0.39, 0.29) is 29.2 Å². The van der Waals surface area contributed by atoms with Crippen molar-refractivity contribution in [3.63, 3.8) is 0 Å². The van der Waals surface area contributed by atoms with Gasteiger partial charge in [0, 0.05) is 12.4 Å². The van der Waals surface area contributed by atoms with Gasteiger partial charge in [0.05, 0.1) is 16.9 Å². The molecule has 16 heavy (non-hydrogen) atoms. The Morgan fingerprint density at radius 3 is 2.56 bits per heavy atom. The third-order valence-electron chi connectivity index (χ3n) is 2.83. The summed E-state index contributed by atoms with van der Waals surface area (Å²) in [6.07, 6.45) is 0.643. The Balaban J connectivity index is 2.39. The number of nitrogens with one attached hydrogen (secondary N) is 1. The zero-order chi connectivity index (χ0) is 12.4. The Morgan fingerprint density at radius 1 is 1.50 bits per heavy atom. The third kappa shape index (κ3) is 3.63. The fourth-order valence-corrected chi connectivity index (χ4v) is 3.55. The van der Waals surface area contributed by atoms with Crippen molar-refractivity contribution in [2.24, 2.45) is 11.3 Å². The number of hydrogen-bond acceptors (Lipinski definition) is 3. The molecule has 1 fully saturated rings. The van der Waals surface area contributed by atoms with Crippen molar-refractivity contribution >= 4 is 27.3 Å². The molecule has 1 saturated heterocycles. The Morgan fingerprint density at radius 2 is 2.12 bits per heavy atom. The summed E-state index contributed by atoms with van der Waals surface area (Å²) in [6, 6.07) is 0. The van der Waals surface area contributed by atoms with Crippen molar-refractivity contribution in [1.29, 1.82) is 0 Å². The smallest absolute Gasteiger partial charge is 0.226 e. The van der Waals surface area contributed by atoms with E-state index in [1.165, 1.54) is 0 Å². The van der Waals surface area contributed by atoms with E-state index in [2.05, 4.69) is 5.32 Å². The van der Waals surface area contributed by atoms with E-state index < -0.39 is 15.3 Å². The fraction of sp³-hybridized carbons (Fsp3) is 0.900. The Kier molecular flexibility index (Phi) is 4.23. The number of carbonyl (C=O) groups excluding carboxylic acids is 1. The Labute approximate surface area is 102 Å². The molecule has 0 saturated carbocycles. The van der Waals surface area contributed by atoms with Crippen LogP contribution in [0, 0.1) is 11.3 Å². The molecule has 1 aliphatic heterocycles. The van der Waals surface area contributed by atoms with Gasteiger partial charge in [-0.1, -0.05) is 0 Å². The predicted molar refractivity (Wildman–Crippen MR) is 64.3 cm³/mol. The molecule has 0 aliphatic carbocycles. The molecule has 1 atom stereocenters. The molecule has 0 aromatic carbocycles. The molecule has 1 aliphatic rings. The molecule has 1 N–H and O–H groups in total. The Hall–Kier alpha value is -0.290. The largest absolute Gasteiger partial charge is 0.355 e. The lowest BCUT2D eigenvalue weighted by molar-refractivity contribution is -0.128. The Bertz CT molecular complexity index is 364. The third-order valence-corrected chi connectivity index (χ3v) is 5.33. The number of sulfone groups is 1. The minimum absolute atomic E-state index is 0.0556. The molecule has 1 amide bonds. The van der Waals surface area contributed by atoms with E-state index in [9.17, 15) is 13.2 Å². The van der Waals surface area contributed by atoms with Crippen LogP contribution in [0.1, 0.15) is 20.3 Å². The standard InChI is InChI=1S/C10H18ClNO3S/c1-10(2,7-11)9(13)12-5-8-3-4-16(14,15)6-8/h8H,3-7H2,1-2H3,(H,12,13). The van der Waals surface area contributed by atoms with Gasteiger partial charge in [-0.3, -0.25) is 4.79 Å². The van der Waals surface area contributed by atoms with Gasteiger partial charge >= 0.3 is 0 Å². The first-order valence-electron chi connectivity index (χ1n) is 5.31. The molecule has 0 aromatic rings. The second-order valence-electron chi connectivity index (χ2n) is 5.00. The van der Waals surface area contributed by atoms with Crippen LogP contribution in [-0.2, 0) is 14.6 Å². The average Bonchev–Trinajstić information content (AvgIpc) is 2.54. The van der Waals surface area contributed by atoms with Crippen LogP contribution in [0.2, 0.25) is 0 Å². The highest BCUT2D eigenvalue weighted by atomic mass is 35.5. The normalized spacial score (nSPS) is 24.3. The molecule has 1 rings (SSSR count). The van der Waals surface area contributed by atoms with Crippen molar-refractivity contribution in [3.8, 4) is 0 Å². The molecule has 6 heteroatoms. The molecule has 0 bridgehead atoms.